The number of pyridine rings is 1. The van der Waals surface area contributed by atoms with Crippen molar-refractivity contribution in [2.75, 3.05) is 17.2 Å². The molecule has 4 aromatic rings. The van der Waals surface area contributed by atoms with E-state index in [-0.39, 0.29) is 19.0 Å². The third-order valence-electron chi connectivity index (χ3n) is 8.03. The van der Waals surface area contributed by atoms with Crippen LogP contribution in [0.3, 0.4) is 0 Å². The summed E-state index contributed by atoms with van der Waals surface area (Å²) in [5.41, 5.74) is 7.09. The number of fused-ring (bicyclic) bond motifs is 1. The van der Waals surface area contributed by atoms with Crippen molar-refractivity contribution in [1.29, 1.82) is 0 Å². The van der Waals surface area contributed by atoms with Gasteiger partial charge in [-0.1, -0.05) is 18.2 Å². The van der Waals surface area contributed by atoms with E-state index in [0.717, 1.165) is 45.0 Å². The van der Waals surface area contributed by atoms with Crippen molar-refractivity contribution in [2.24, 2.45) is 5.92 Å². The molecule has 9 nitrogen and oxygen atoms in total. The molecular weight excluding hydrogens is 548 g/mol. The molecule has 2 aliphatic rings. The molecule has 6 rings (SSSR count). The molecule has 40 heavy (non-hydrogen) atoms. The highest BCUT2D eigenvalue weighted by Gasteiger charge is 2.41. The van der Waals surface area contributed by atoms with Crippen molar-refractivity contribution in [3.63, 3.8) is 0 Å². The number of nitrogens with zero attached hydrogens (tertiary/aromatic N) is 4. The fourth-order valence-corrected chi connectivity index (χ4v) is 6.64. The Morgan fingerprint density at radius 1 is 1.00 bits per heavy atom. The van der Waals surface area contributed by atoms with E-state index in [1.807, 2.05) is 19.2 Å². The van der Waals surface area contributed by atoms with Gasteiger partial charge in [-0.25, -0.2) is 9.97 Å². The lowest BCUT2D eigenvalue weighted by molar-refractivity contribution is 0.00446. The molecule has 4 atom stereocenters. The maximum atomic E-state index is 10.7. The fourth-order valence-electron chi connectivity index (χ4n) is 5.57. The van der Waals surface area contributed by atoms with Crippen molar-refractivity contribution >= 4 is 45.7 Å². The summed E-state index contributed by atoms with van der Waals surface area (Å²) >= 11 is 1.58. The number of benzene rings is 1. The van der Waals surface area contributed by atoms with Crippen LogP contribution in [0.15, 0.2) is 30.5 Å². The van der Waals surface area contributed by atoms with Crippen LogP contribution in [-0.2, 0) is 6.54 Å². The smallest absolute Gasteiger partial charge is 0.225 e. The normalized spacial score (nSPS) is 22.4. The number of aliphatic hydroxyl groups excluding tert-OH is 3. The highest BCUT2D eigenvalue weighted by Crippen LogP contribution is 2.44. The first-order chi connectivity index (χ1) is 18.8. The van der Waals surface area contributed by atoms with Gasteiger partial charge in [0.25, 0.3) is 0 Å². The molecular formula is C29H35ClN6O3S. The number of aliphatic hydroxyl groups is 3. The van der Waals surface area contributed by atoms with Crippen LogP contribution in [0.25, 0.3) is 20.8 Å². The molecule has 0 radical (unpaired) electrons. The summed E-state index contributed by atoms with van der Waals surface area (Å²) in [7, 11) is 0. The van der Waals surface area contributed by atoms with Gasteiger partial charge in [0.2, 0.25) is 5.95 Å². The molecule has 3 aromatic heterocycles. The molecule has 2 fully saturated rings. The third-order valence-corrected chi connectivity index (χ3v) is 9.07. The van der Waals surface area contributed by atoms with E-state index in [1.165, 1.54) is 16.7 Å². The zero-order valence-electron chi connectivity index (χ0n) is 22.8. The van der Waals surface area contributed by atoms with Gasteiger partial charge in [0.05, 0.1) is 33.8 Å². The summed E-state index contributed by atoms with van der Waals surface area (Å²) < 4.78 is 1.07. The Morgan fingerprint density at radius 3 is 2.42 bits per heavy atom. The summed E-state index contributed by atoms with van der Waals surface area (Å²) in [4.78, 5) is 19.3. The van der Waals surface area contributed by atoms with Crippen molar-refractivity contribution in [2.45, 2.75) is 70.7 Å². The molecule has 3 heterocycles. The van der Waals surface area contributed by atoms with Crippen LogP contribution in [0.2, 0.25) is 0 Å². The number of nitrogens with one attached hydrogen (secondary N) is 2. The molecule has 0 aliphatic heterocycles. The number of halogens is 1. The zero-order chi connectivity index (χ0) is 27.3. The van der Waals surface area contributed by atoms with Gasteiger partial charge in [-0.15, -0.1) is 23.7 Å². The van der Waals surface area contributed by atoms with Crippen LogP contribution >= 0.6 is 23.7 Å². The summed E-state index contributed by atoms with van der Waals surface area (Å²) in [6.07, 6.45) is 2.52. The Kier molecular flexibility index (Phi) is 8.26. The molecule has 0 bridgehead atoms. The fraction of sp³-hybridized carbons (Fsp3) is 0.448. The topological polar surface area (TPSA) is 136 Å². The van der Waals surface area contributed by atoms with E-state index in [9.17, 15) is 15.3 Å². The van der Waals surface area contributed by atoms with Crippen molar-refractivity contribution in [1.82, 2.24) is 19.9 Å². The number of anilines is 2. The first-order valence-corrected chi connectivity index (χ1v) is 14.3. The molecule has 1 aromatic carbocycles. The van der Waals surface area contributed by atoms with Gasteiger partial charge in [0.1, 0.15) is 22.4 Å². The van der Waals surface area contributed by atoms with Crippen LogP contribution in [0, 0.1) is 26.7 Å². The molecule has 2 aliphatic carbocycles. The zero-order valence-corrected chi connectivity index (χ0v) is 24.4. The second-order valence-electron chi connectivity index (χ2n) is 10.8. The second-order valence-corrected chi connectivity index (χ2v) is 11.9. The Balaban J connectivity index is 0.00000323. The Hall–Kier alpha value is -2.89. The van der Waals surface area contributed by atoms with Gasteiger partial charge >= 0.3 is 0 Å². The average molecular weight is 583 g/mol. The maximum absolute atomic E-state index is 10.7. The quantitative estimate of drug-likeness (QED) is 0.203. The standard InChI is InChI=1S/C29H34N6O3S.ClH/c1-14-5-4-6-15(2)19(14)12-31-29-32-16(3)22(27(35-29)33-20-11-18(13-36)25(37)26(20)38)28-34-24-21(39-28)9-10-30-23(24)17-7-8-17;/h4-6,9-10,17-18,20,25-26,36-38H,7-8,11-13H2,1-3H3,(H2,31,32,33,35);1H/t18-,20-,25-,26+;/m1./s1. The van der Waals surface area contributed by atoms with Crippen LogP contribution in [0.4, 0.5) is 11.8 Å². The Bertz CT molecular complexity index is 1510. The highest BCUT2D eigenvalue weighted by molar-refractivity contribution is 7.21. The van der Waals surface area contributed by atoms with Gasteiger partial charge in [0, 0.05) is 31.2 Å². The molecule has 0 unspecified atom stereocenters. The van der Waals surface area contributed by atoms with Crippen molar-refractivity contribution < 1.29 is 15.3 Å². The van der Waals surface area contributed by atoms with Gasteiger partial charge in [-0.2, -0.15) is 4.98 Å². The molecule has 0 spiro atoms. The van der Waals surface area contributed by atoms with Gasteiger partial charge in [0.15, 0.2) is 0 Å². The van der Waals surface area contributed by atoms with Gasteiger partial charge in [-0.05, 0) is 62.8 Å². The Labute approximate surface area is 243 Å². The molecule has 0 saturated heterocycles. The monoisotopic (exact) mass is 582 g/mol. The van der Waals surface area contributed by atoms with Crippen LogP contribution in [0.5, 0.6) is 0 Å². The summed E-state index contributed by atoms with van der Waals surface area (Å²) in [5.74, 6) is 1.08. The molecule has 11 heteroatoms. The predicted molar refractivity (Wildman–Crippen MR) is 160 cm³/mol. The summed E-state index contributed by atoms with van der Waals surface area (Å²) in [5, 5.41) is 38.4. The van der Waals surface area contributed by atoms with Crippen LogP contribution in [0.1, 0.15) is 53.3 Å². The molecule has 212 valence electrons. The average Bonchev–Trinajstić information content (AvgIpc) is 3.61. The lowest BCUT2D eigenvalue weighted by atomic mass is 10.0. The number of hydrogen-bond acceptors (Lipinski definition) is 10. The second kappa shape index (κ2) is 11.5. The van der Waals surface area contributed by atoms with E-state index in [1.54, 1.807) is 11.3 Å². The minimum absolute atomic E-state index is 0. The number of hydrogen-bond donors (Lipinski definition) is 5. The van der Waals surface area contributed by atoms with E-state index in [0.29, 0.717) is 30.6 Å². The molecule has 5 N–H and O–H groups in total. The van der Waals surface area contributed by atoms with E-state index < -0.39 is 24.2 Å². The maximum Gasteiger partial charge on any atom is 0.225 e. The number of aromatic nitrogens is 4. The van der Waals surface area contributed by atoms with Crippen molar-refractivity contribution in [3.05, 3.63) is 58.5 Å². The molecule has 0 amide bonds. The predicted octanol–water partition coefficient (Wildman–Crippen LogP) is 4.50. The van der Waals surface area contributed by atoms with Gasteiger partial charge in [-0.3, -0.25) is 4.98 Å². The van der Waals surface area contributed by atoms with Crippen LogP contribution in [-0.4, -0.2) is 60.1 Å². The first-order valence-electron chi connectivity index (χ1n) is 13.5. The van der Waals surface area contributed by atoms with Crippen molar-refractivity contribution in [3.8, 4) is 10.6 Å². The van der Waals surface area contributed by atoms with E-state index >= 15 is 0 Å². The molecule has 2 saturated carbocycles. The number of rotatable bonds is 8. The lowest BCUT2D eigenvalue weighted by Crippen LogP contribution is -2.35. The number of aryl methyl sites for hydroxylation is 3. The summed E-state index contributed by atoms with van der Waals surface area (Å²) in [6.45, 7) is 6.51. The van der Waals surface area contributed by atoms with Crippen LogP contribution < -0.4 is 10.6 Å². The third kappa shape index (κ3) is 5.38. The SMILES string of the molecule is Cc1cccc(C)c1CNc1nc(C)c(-c2nc3c(C4CC4)nccc3s2)c(N[C@@H]2C[C@H](CO)[C@@H](O)[C@H]2O)n1.Cl. The highest BCUT2D eigenvalue weighted by atomic mass is 35.5. The van der Waals surface area contributed by atoms with E-state index in [2.05, 4.69) is 47.7 Å². The summed E-state index contributed by atoms with van der Waals surface area (Å²) in [6, 6.07) is 7.75. The van der Waals surface area contributed by atoms with E-state index in [4.69, 9.17) is 15.0 Å². The minimum atomic E-state index is -1.03. The van der Waals surface area contributed by atoms with Gasteiger partial charge < -0.3 is 26.0 Å². The Morgan fingerprint density at radius 2 is 1.75 bits per heavy atom. The lowest BCUT2D eigenvalue weighted by Gasteiger charge is -2.21. The first kappa shape index (κ1) is 28.6. The minimum Gasteiger partial charge on any atom is -0.396 e. The number of thiazole rings is 1. The largest absolute Gasteiger partial charge is 0.396 e.